The first-order chi connectivity index (χ1) is 17.4. The summed E-state index contributed by atoms with van der Waals surface area (Å²) in [5, 5.41) is 9.14. The van der Waals surface area contributed by atoms with Crippen molar-refractivity contribution in [1.82, 2.24) is 15.3 Å². The molecule has 0 aliphatic rings. The zero-order chi connectivity index (χ0) is 25.5. The van der Waals surface area contributed by atoms with Gasteiger partial charge in [-0.25, -0.2) is 9.97 Å². The van der Waals surface area contributed by atoms with Crippen LogP contribution in [0.15, 0.2) is 91.1 Å². The van der Waals surface area contributed by atoms with Crippen molar-refractivity contribution in [2.45, 2.75) is 19.5 Å². The van der Waals surface area contributed by atoms with Crippen LogP contribution < -0.4 is 20.7 Å². The molecule has 1 aromatic heterocycles. The number of methoxy groups -OCH3 is 1. The highest BCUT2D eigenvalue weighted by molar-refractivity contribution is 5.95. The second-order valence-corrected chi connectivity index (χ2v) is 8.29. The SMILES string of the molecule is COc1ccccc1C(C)(NC(=O)c1ccccc1)Nc1nccc(-c2ccc(NC(C)=O)cc2)n1. The fourth-order valence-electron chi connectivity index (χ4n) is 3.84. The smallest absolute Gasteiger partial charge is 0.253 e. The quantitative estimate of drug-likeness (QED) is 0.312. The van der Waals surface area contributed by atoms with Gasteiger partial charge in [0, 0.05) is 35.5 Å². The lowest BCUT2D eigenvalue weighted by molar-refractivity contribution is -0.114. The standard InChI is InChI=1S/C28H27N5O3/c1-19(34)30-22-15-13-20(14-16-22)24-17-18-29-27(31-24)33-28(2,23-11-7-8-12-25(23)36-3)32-26(35)21-9-5-4-6-10-21/h4-18H,1-3H3,(H,30,34)(H,32,35)(H,29,31,33). The zero-order valence-electron chi connectivity index (χ0n) is 20.3. The summed E-state index contributed by atoms with van der Waals surface area (Å²) in [5.41, 5.74) is 2.36. The van der Waals surface area contributed by atoms with Crippen LogP contribution in [0, 0.1) is 0 Å². The third-order valence-electron chi connectivity index (χ3n) is 5.56. The first kappa shape index (κ1) is 24.4. The molecule has 1 heterocycles. The number of hydrogen-bond donors (Lipinski definition) is 3. The van der Waals surface area contributed by atoms with Gasteiger partial charge in [0.2, 0.25) is 11.9 Å². The first-order valence-corrected chi connectivity index (χ1v) is 11.4. The van der Waals surface area contributed by atoms with E-state index in [1.807, 2.05) is 73.7 Å². The molecule has 3 N–H and O–H groups in total. The number of amides is 2. The Balaban J connectivity index is 1.67. The van der Waals surface area contributed by atoms with Gasteiger partial charge >= 0.3 is 0 Å². The number of anilines is 2. The van der Waals surface area contributed by atoms with Crippen LogP contribution in [-0.4, -0.2) is 28.9 Å². The number of nitrogens with one attached hydrogen (secondary N) is 3. The normalized spacial score (nSPS) is 12.2. The Morgan fingerprint density at radius 3 is 2.28 bits per heavy atom. The minimum absolute atomic E-state index is 0.135. The molecule has 0 radical (unpaired) electrons. The molecule has 8 nitrogen and oxygen atoms in total. The van der Waals surface area contributed by atoms with Crippen LogP contribution in [-0.2, 0) is 10.5 Å². The van der Waals surface area contributed by atoms with Crippen molar-refractivity contribution in [2.75, 3.05) is 17.7 Å². The second kappa shape index (κ2) is 10.7. The topological polar surface area (TPSA) is 105 Å². The molecule has 182 valence electrons. The van der Waals surface area contributed by atoms with Gasteiger partial charge in [0.25, 0.3) is 5.91 Å². The summed E-state index contributed by atoms with van der Waals surface area (Å²) in [6.45, 7) is 3.30. The summed E-state index contributed by atoms with van der Waals surface area (Å²) < 4.78 is 5.59. The number of aromatic nitrogens is 2. The van der Waals surface area contributed by atoms with Crippen LogP contribution >= 0.6 is 0 Å². The van der Waals surface area contributed by atoms with E-state index in [9.17, 15) is 9.59 Å². The number of carbonyl (C=O) groups excluding carboxylic acids is 2. The van der Waals surface area contributed by atoms with Gasteiger partial charge in [-0.3, -0.25) is 9.59 Å². The van der Waals surface area contributed by atoms with Gasteiger partial charge in [-0.2, -0.15) is 0 Å². The summed E-state index contributed by atoms with van der Waals surface area (Å²) in [7, 11) is 1.58. The molecule has 4 rings (SSSR count). The molecule has 1 unspecified atom stereocenters. The fourth-order valence-corrected chi connectivity index (χ4v) is 3.84. The highest BCUT2D eigenvalue weighted by Gasteiger charge is 2.33. The van der Waals surface area contributed by atoms with E-state index in [0.717, 1.165) is 5.56 Å². The summed E-state index contributed by atoms with van der Waals surface area (Å²) in [4.78, 5) is 33.5. The highest BCUT2D eigenvalue weighted by Crippen LogP contribution is 2.31. The molecular weight excluding hydrogens is 454 g/mol. The lowest BCUT2D eigenvalue weighted by Crippen LogP contribution is -2.50. The molecule has 0 saturated heterocycles. The van der Waals surface area contributed by atoms with Crippen LogP contribution in [0.25, 0.3) is 11.3 Å². The van der Waals surface area contributed by atoms with Crippen LogP contribution in [0.2, 0.25) is 0 Å². The maximum atomic E-state index is 13.2. The summed E-state index contributed by atoms with van der Waals surface area (Å²) in [6, 6.07) is 25.6. The van der Waals surface area contributed by atoms with Gasteiger partial charge in [0.1, 0.15) is 11.4 Å². The van der Waals surface area contributed by atoms with Crippen LogP contribution in [0.4, 0.5) is 11.6 Å². The number of benzene rings is 3. The van der Waals surface area contributed by atoms with Crippen LogP contribution in [0.5, 0.6) is 5.75 Å². The maximum Gasteiger partial charge on any atom is 0.253 e. The van der Waals surface area contributed by atoms with Crippen LogP contribution in [0.1, 0.15) is 29.8 Å². The largest absolute Gasteiger partial charge is 0.496 e. The Bertz CT molecular complexity index is 1360. The molecule has 36 heavy (non-hydrogen) atoms. The monoisotopic (exact) mass is 481 g/mol. The average molecular weight is 482 g/mol. The summed E-state index contributed by atoms with van der Waals surface area (Å²) in [5.74, 6) is 0.524. The van der Waals surface area contributed by atoms with E-state index in [4.69, 9.17) is 4.74 Å². The molecule has 0 saturated carbocycles. The lowest BCUT2D eigenvalue weighted by Gasteiger charge is -2.33. The van der Waals surface area contributed by atoms with Crippen molar-refractivity contribution in [1.29, 1.82) is 0 Å². The highest BCUT2D eigenvalue weighted by atomic mass is 16.5. The summed E-state index contributed by atoms with van der Waals surface area (Å²) >= 11 is 0. The number of carbonyl (C=O) groups is 2. The van der Waals surface area contributed by atoms with E-state index in [1.165, 1.54) is 6.92 Å². The number of para-hydroxylation sites is 1. The molecule has 4 aromatic rings. The van der Waals surface area contributed by atoms with E-state index in [1.54, 1.807) is 31.5 Å². The van der Waals surface area contributed by atoms with Crippen molar-refractivity contribution >= 4 is 23.5 Å². The second-order valence-electron chi connectivity index (χ2n) is 8.29. The van der Waals surface area contributed by atoms with E-state index < -0.39 is 5.66 Å². The number of rotatable bonds is 8. The van der Waals surface area contributed by atoms with Gasteiger partial charge in [-0.15, -0.1) is 0 Å². The van der Waals surface area contributed by atoms with Crippen molar-refractivity contribution in [3.63, 3.8) is 0 Å². The molecule has 0 aliphatic carbocycles. The van der Waals surface area contributed by atoms with E-state index >= 15 is 0 Å². The van der Waals surface area contributed by atoms with Gasteiger partial charge in [0.15, 0.2) is 0 Å². The molecule has 0 spiro atoms. The predicted molar refractivity (Wildman–Crippen MR) is 140 cm³/mol. The van der Waals surface area contributed by atoms with Gasteiger partial charge in [-0.1, -0.05) is 48.5 Å². The molecule has 0 fully saturated rings. The van der Waals surface area contributed by atoms with Crippen LogP contribution in [0.3, 0.4) is 0 Å². The van der Waals surface area contributed by atoms with E-state index in [-0.39, 0.29) is 11.8 Å². The molecular formula is C28H27N5O3. The third-order valence-corrected chi connectivity index (χ3v) is 5.56. The van der Waals surface area contributed by atoms with Gasteiger partial charge in [-0.05, 0) is 43.3 Å². The molecule has 2 amide bonds. The van der Waals surface area contributed by atoms with Gasteiger partial charge < -0.3 is 20.7 Å². The Morgan fingerprint density at radius 2 is 1.58 bits per heavy atom. The molecule has 8 heteroatoms. The van der Waals surface area contributed by atoms with E-state index in [0.29, 0.717) is 34.2 Å². The van der Waals surface area contributed by atoms with Crippen molar-refractivity contribution in [3.8, 4) is 17.0 Å². The zero-order valence-corrected chi connectivity index (χ0v) is 20.3. The van der Waals surface area contributed by atoms with Crippen molar-refractivity contribution < 1.29 is 14.3 Å². The number of ether oxygens (including phenoxy) is 1. The first-order valence-electron chi connectivity index (χ1n) is 11.4. The Hall–Kier alpha value is -4.72. The van der Waals surface area contributed by atoms with Gasteiger partial charge in [0.05, 0.1) is 12.8 Å². The molecule has 3 aromatic carbocycles. The third kappa shape index (κ3) is 5.67. The Morgan fingerprint density at radius 1 is 0.889 bits per heavy atom. The fraction of sp³-hybridized carbons (Fsp3) is 0.143. The predicted octanol–water partition coefficient (Wildman–Crippen LogP) is 4.83. The molecule has 0 aliphatic heterocycles. The summed E-state index contributed by atoms with van der Waals surface area (Å²) in [6.07, 6.45) is 1.65. The molecule has 1 atom stereocenters. The number of nitrogens with zero attached hydrogens (tertiary/aromatic N) is 2. The van der Waals surface area contributed by atoms with E-state index in [2.05, 4.69) is 25.9 Å². The average Bonchev–Trinajstić information content (AvgIpc) is 2.89. The lowest BCUT2D eigenvalue weighted by atomic mass is 9.99. The molecule has 0 bridgehead atoms. The Kier molecular flexibility index (Phi) is 7.25. The van der Waals surface area contributed by atoms with Crippen molar-refractivity contribution in [2.24, 2.45) is 0 Å². The number of hydrogen-bond acceptors (Lipinski definition) is 6. The van der Waals surface area contributed by atoms with Crippen molar-refractivity contribution in [3.05, 3.63) is 102 Å². The minimum Gasteiger partial charge on any atom is -0.496 e. The Labute approximate surface area is 209 Å². The maximum absolute atomic E-state index is 13.2. The minimum atomic E-state index is -1.10.